The van der Waals surface area contributed by atoms with Gasteiger partial charge in [-0.1, -0.05) is 6.92 Å². The third-order valence-corrected chi connectivity index (χ3v) is 6.77. The van der Waals surface area contributed by atoms with E-state index >= 15 is 0 Å². The molecule has 1 aromatic rings. The highest BCUT2D eigenvalue weighted by Gasteiger charge is 2.52. The molecule has 24 heavy (non-hydrogen) atoms. The van der Waals surface area contributed by atoms with Gasteiger partial charge in [0.2, 0.25) is 5.91 Å². The van der Waals surface area contributed by atoms with Gasteiger partial charge in [-0.25, -0.2) is 0 Å². The molecule has 2 aliphatic heterocycles. The van der Waals surface area contributed by atoms with Gasteiger partial charge in [-0.3, -0.25) is 9.69 Å². The lowest BCUT2D eigenvalue weighted by molar-refractivity contribution is -0.136. The lowest BCUT2D eigenvalue weighted by Crippen LogP contribution is -2.63. The Morgan fingerprint density at radius 1 is 1.38 bits per heavy atom. The average molecular weight is 351 g/mol. The van der Waals surface area contributed by atoms with Crippen LogP contribution in [-0.2, 0) is 16.1 Å². The highest BCUT2D eigenvalue weighted by Crippen LogP contribution is 2.43. The van der Waals surface area contributed by atoms with E-state index in [1.165, 1.54) is 16.2 Å². The second-order valence-electron chi connectivity index (χ2n) is 7.15. The highest BCUT2D eigenvalue weighted by molar-refractivity contribution is 7.11. The second-order valence-corrected chi connectivity index (χ2v) is 8.52. The van der Waals surface area contributed by atoms with Crippen LogP contribution >= 0.6 is 11.3 Å². The summed E-state index contributed by atoms with van der Waals surface area (Å²) >= 11 is 1.90. The fraction of sp³-hybridized carbons (Fsp3) is 0.737. The zero-order valence-corrected chi connectivity index (χ0v) is 16.0. The van der Waals surface area contributed by atoms with Crippen molar-refractivity contribution in [3.8, 4) is 0 Å². The Hall–Kier alpha value is -0.910. The van der Waals surface area contributed by atoms with Gasteiger partial charge >= 0.3 is 0 Å². The van der Waals surface area contributed by atoms with Crippen LogP contribution in [0.4, 0.5) is 0 Å². The van der Waals surface area contributed by atoms with Crippen LogP contribution in [0.25, 0.3) is 0 Å². The first-order valence-corrected chi connectivity index (χ1v) is 10.0. The quantitative estimate of drug-likeness (QED) is 0.788. The number of carbonyl (C=O) groups excluding carboxylic acids is 1. The van der Waals surface area contributed by atoms with Gasteiger partial charge in [-0.2, -0.15) is 0 Å². The number of rotatable bonds is 6. The molecule has 1 spiro atoms. The molecular weight excluding hydrogens is 320 g/mol. The minimum atomic E-state index is 0.0227. The maximum atomic E-state index is 12.5. The number of methoxy groups -OCH3 is 1. The van der Waals surface area contributed by atoms with Crippen LogP contribution < -0.4 is 0 Å². The van der Waals surface area contributed by atoms with Crippen molar-refractivity contribution >= 4 is 17.2 Å². The van der Waals surface area contributed by atoms with E-state index in [-0.39, 0.29) is 5.54 Å². The Morgan fingerprint density at radius 3 is 2.88 bits per heavy atom. The number of piperidine rings is 1. The molecule has 0 aliphatic carbocycles. The van der Waals surface area contributed by atoms with E-state index in [0.29, 0.717) is 25.0 Å². The van der Waals surface area contributed by atoms with Crippen molar-refractivity contribution in [2.75, 3.05) is 26.8 Å². The van der Waals surface area contributed by atoms with E-state index in [4.69, 9.17) is 4.74 Å². The molecule has 5 heteroatoms. The molecule has 0 aromatic carbocycles. The minimum absolute atomic E-state index is 0.0227. The first-order chi connectivity index (χ1) is 11.6. The number of likely N-dealkylation sites (tertiary alicyclic amines) is 2. The summed E-state index contributed by atoms with van der Waals surface area (Å²) < 4.78 is 5.27. The predicted molar refractivity (Wildman–Crippen MR) is 98.3 cm³/mol. The molecular formula is C19H30N2O2S. The van der Waals surface area contributed by atoms with Gasteiger partial charge in [0.25, 0.3) is 0 Å². The summed E-state index contributed by atoms with van der Waals surface area (Å²) in [7, 11) is 1.72. The van der Waals surface area contributed by atoms with E-state index in [1.54, 1.807) is 7.11 Å². The zero-order valence-electron chi connectivity index (χ0n) is 15.2. The van der Waals surface area contributed by atoms with Crippen molar-refractivity contribution in [3.63, 3.8) is 0 Å². The summed E-state index contributed by atoms with van der Waals surface area (Å²) in [5, 5.41) is 0. The standard InChI is InChI=1S/C19H30N2O2S/c1-4-17-19(10-8-18(22)21(19)12-13-23-3)9-5-11-20(17)14-16-7-6-15(2)24-16/h6-7,17H,4-5,8-14H2,1-3H3/t17-,19-/m0/s1. The Kier molecular flexibility index (Phi) is 5.63. The van der Waals surface area contributed by atoms with Crippen molar-refractivity contribution < 1.29 is 9.53 Å². The van der Waals surface area contributed by atoms with Crippen LogP contribution in [0.1, 0.15) is 48.8 Å². The molecule has 2 fully saturated rings. The lowest BCUT2D eigenvalue weighted by Gasteiger charge is -2.52. The fourth-order valence-corrected chi connectivity index (χ4v) is 5.74. The predicted octanol–water partition coefficient (Wildman–Crippen LogP) is 3.44. The molecule has 2 saturated heterocycles. The van der Waals surface area contributed by atoms with Crippen molar-refractivity contribution in [1.82, 2.24) is 9.80 Å². The summed E-state index contributed by atoms with van der Waals surface area (Å²) in [4.78, 5) is 20.2. The number of thiophene rings is 1. The van der Waals surface area contributed by atoms with Crippen molar-refractivity contribution in [3.05, 3.63) is 21.9 Å². The van der Waals surface area contributed by atoms with Gasteiger partial charge in [0.15, 0.2) is 0 Å². The fourth-order valence-electron chi connectivity index (χ4n) is 4.83. The number of aryl methyl sites for hydroxylation is 1. The van der Waals surface area contributed by atoms with Gasteiger partial charge in [0.1, 0.15) is 0 Å². The van der Waals surface area contributed by atoms with Gasteiger partial charge in [0, 0.05) is 42.4 Å². The van der Waals surface area contributed by atoms with E-state index in [1.807, 2.05) is 11.3 Å². The van der Waals surface area contributed by atoms with E-state index < -0.39 is 0 Å². The molecule has 134 valence electrons. The zero-order chi connectivity index (χ0) is 17.2. The first kappa shape index (κ1) is 17.9. The lowest BCUT2D eigenvalue weighted by atomic mass is 9.77. The third-order valence-electron chi connectivity index (χ3n) is 5.79. The summed E-state index contributed by atoms with van der Waals surface area (Å²) in [6.45, 7) is 7.98. The van der Waals surface area contributed by atoms with E-state index in [0.717, 1.165) is 38.9 Å². The highest BCUT2D eigenvalue weighted by atomic mass is 32.1. The normalized spacial score (nSPS) is 28.2. The molecule has 1 amide bonds. The molecule has 2 aliphatic rings. The van der Waals surface area contributed by atoms with Crippen molar-refractivity contribution in [2.45, 2.75) is 64.1 Å². The SMILES string of the molecule is CC[C@@H]1N(Cc2ccc(C)s2)CCC[C@]12CCC(=O)N2CCOC. The topological polar surface area (TPSA) is 32.8 Å². The summed E-state index contributed by atoms with van der Waals surface area (Å²) in [5.74, 6) is 0.319. The molecule has 1 aromatic heterocycles. The number of hydrogen-bond donors (Lipinski definition) is 0. The summed E-state index contributed by atoms with van der Waals surface area (Å²) in [6.07, 6.45) is 5.12. The smallest absolute Gasteiger partial charge is 0.223 e. The number of carbonyl (C=O) groups is 1. The van der Waals surface area contributed by atoms with Crippen LogP contribution in [0.15, 0.2) is 12.1 Å². The maximum Gasteiger partial charge on any atom is 0.223 e. The van der Waals surface area contributed by atoms with Crippen LogP contribution in [0.5, 0.6) is 0 Å². The van der Waals surface area contributed by atoms with Gasteiger partial charge in [-0.05, 0) is 51.3 Å². The van der Waals surface area contributed by atoms with Crippen LogP contribution in [0.2, 0.25) is 0 Å². The number of amides is 1. The molecule has 0 saturated carbocycles. The number of hydrogen-bond acceptors (Lipinski definition) is 4. The van der Waals surface area contributed by atoms with E-state index in [2.05, 4.69) is 35.8 Å². The number of nitrogens with zero attached hydrogens (tertiary/aromatic N) is 2. The molecule has 4 nitrogen and oxygen atoms in total. The monoisotopic (exact) mass is 350 g/mol. The van der Waals surface area contributed by atoms with Crippen LogP contribution in [0.3, 0.4) is 0 Å². The third kappa shape index (κ3) is 3.26. The van der Waals surface area contributed by atoms with Crippen LogP contribution in [-0.4, -0.2) is 54.1 Å². The average Bonchev–Trinajstić information content (AvgIpc) is 3.11. The van der Waals surface area contributed by atoms with Crippen molar-refractivity contribution in [2.24, 2.45) is 0 Å². The van der Waals surface area contributed by atoms with Gasteiger partial charge in [0.05, 0.1) is 12.1 Å². The minimum Gasteiger partial charge on any atom is -0.383 e. The Balaban J connectivity index is 1.82. The second kappa shape index (κ2) is 7.54. The van der Waals surface area contributed by atoms with Gasteiger partial charge in [-0.15, -0.1) is 11.3 Å². The Labute approximate surface area is 149 Å². The summed E-state index contributed by atoms with van der Waals surface area (Å²) in [6, 6.07) is 4.93. The Bertz CT molecular complexity index is 573. The largest absolute Gasteiger partial charge is 0.383 e. The molecule has 3 heterocycles. The molecule has 3 rings (SSSR count). The van der Waals surface area contributed by atoms with Crippen LogP contribution in [0, 0.1) is 6.92 Å². The molecule has 0 radical (unpaired) electrons. The van der Waals surface area contributed by atoms with E-state index in [9.17, 15) is 4.79 Å². The van der Waals surface area contributed by atoms with Gasteiger partial charge < -0.3 is 9.64 Å². The molecule has 2 atom stereocenters. The number of ether oxygens (including phenoxy) is 1. The van der Waals surface area contributed by atoms with Crippen molar-refractivity contribution in [1.29, 1.82) is 0 Å². The molecule has 0 bridgehead atoms. The molecule has 0 unspecified atom stereocenters. The summed E-state index contributed by atoms with van der Waals surface area (Å²) in [5.41, 5.74) is 0.0227. The first-order valence-electron chi connectivity index (χ1n) is 9.19. The molecule has 0 N–H and O–H groups in total. The Morgan fingerprint density at radius 2 is 2.21 bits per heavy atom. The maximum absolute atomic E-state index is 12.5.